The van der Waals surface area contributed by atoms with E-state index in [9.17, 15) is 19.5 Å². The molecule has 2 rings (SSSR count). The molecule has 2 aliphatic heterocycles. The van der Waals surface area contributed by atoms with Crippen LogP contribution in [0.25, 0.3) is 0 Å². The number of carbonyl (C=O) groups excluding carboxylic acids is 3. The molecular weight excluding hydrogens is 216 g/mol. The van der Waals surface area contributed by atoms with Crippen LogP contribution in [-0.2, 0) is 4.79 Å². The lowest BCUT2D eigenvalue weighted by molar-refractivity contribution is -0.311. The number of fused-ring (bicyclic) bond motifs is 1. The van der Waals surface area contributed by atoms with Crippen molar-refractivity contribution in [2.75, 3.05) is 0 Å². The minimum Gasteiger partial charge on any atom is -0.548 e. The lowest BCUT2D eigenvalue weighted by Gasteiger charge is -2.30. The first-order chi connectivity index (χ1) is 7.54. The van der Waals surface area contributed by atoms with Crippen molar-refractivity contribution in [3.05, 3.63) is 0 Å². The highest BCUT2D eigenvalue weighted by Crippen LogP contribution is 2.18. The van der Waals surface area contributed by atoms with E-state index >= 15 is 0 Å². The van der Waals surface area contributed by atoms with Gasteiger partial charge >= 0.3 is 12.1 Å². The van der Waals surface area contributed by atoms with Crippen molar-refractivity contribution in [1.82, 2.24) is 20.9 Å². The molecule has 4 amide bonds. The second-order valence-corrected chi connectivity index (χ2v) is 3.64. The molecule has 0 aromatic rings. The van der Waals surface area contributed by atoms with Gasteiger partial charge in [0, 0.05) is 0 Å². The number of urea groups is 2. The summed E-state index contributed by atoms with van der Waals surface area (Å²) in [6.07, 6.45) is -1.05. The van der Waals surface area contributed by atoms with E-state index in [1.54, 1.807) is 6.92 Å². The number of carboxylic acid groups (broad SMARTS) is 1. The summed E-state index contributed by atoms with van der Waals surface area (Å²) in [6.45, 7) is 1.63. The van der Waals surface area contributed by atoms with E-state index in [0.717, 1.165) is 4.90 Å². The molecule has 2 saturated heterocycles. The highest BCUT2D eigenvalue weighted by molar-refractivity contribution is 5.88. The fraction of sp³-hybridized carbons (Fsp3) is 0.625. The smallest absolute Gasteiger partial charge is 0.321 e. The van der Waals surface area contributed by atoms with Crippen molar-refractivity contribution in [1.29, 1.82) is 0 Å². The van der Waals surface area contributed by atoms with Crippen molar-refractivity contribution < 1.29 is 19.5 Å². The third-order valence-corrected chi connectivity index (χ3v) is 2.69. The summed E-state index contributed by atoms with van der Waals surface area (Å²) in [4.78, 5) is 34.5. The molecule has 88 valence electrons. The molecule has 8 nitrogen and oxygen atoms in total. The Hall–Kier alpha value is -1.99. The summed E-state index contributed by atoms with van der Waals surface area (Å²) >= 11 is 0. The lowest BCUT2D eigenvalue weighted by Crippen LogP contribution is -2.55. The van der Waals surface area contributed by atoms with E-state index in [2.05, 4.69) is 16.0 Å². The molecule has 2 aliphatic rings. The molecule has 0 saturated carbocycles. The molecule has 0 aromatic heterocycles. The fourth-order valence-electron chi connectivity index (χ4n) is 1.97. The summed E-state index contributed by atoms with van der Waals surface area (Å²) in [5.74, 6) is -1.33. The first-order valence-electron chi connectivity index (χ1n) is 4.91. The quantitative estimate of drug-likeness (QED) is 0.494. The molecule has 2 heterocycles. The van der Waals surface area contributed by atoms with Gasteiger partial charge in [-0.05, 0) is 6.42 Å². The molecule has 2 fully saturated rings. The fourth-order valence-corrected chi connectivity index (χ4v) is 1.97. The highest BCUT2D eigenvalue weighted by Gasteiger charge is 2.48. The minimum atomic E-state index is -1.33. The average molecular weight is 227 g/mol. The van der Waals surface area contributed by atoms with Crippen LogP contribution in [0, 0.1) is 0 Å². The number of nitrogens with one attached hydrogen (secondary N) is 3. The van der Waals surface area contributed by atoms with Crippen molar-refractivity contribution in [3.8, 4) is 0 Å². The minimum absolute atomic E-state index is 0.217. The van der Waals surface area contributed by atoms with E-state index in [1.807, 2.05) is 0 Å². The van der Waals surface area contributed by atoms with E-state index in [-0.39, 0.29) is 6.42 Å². The number of aliphatic carboxylic acids is 1. The van der Waals surface area contributed by atoms with Crippen LogP contribution in [0.15, 0.2) is 0 Å². The molecule has 0 aromatic carbocycles. The number of carbonyl (C=O) groups is 3. The van der Waals surface area contributed by atoms with Crippen LogP contribution < -0.4 is 21.1 Å². The Bertz CT molecular complexity index is 358. The van der Waals surface area contributed by atoms with Gasteiger partial charge in [-0.25, -0.2) is 9.59 Å². The monoisotopic (exact) mass is 227 g/mol. The number of amides is 4. The third kappa shape index (κ3) is 1.42. The Balaban J connectivity index is 2.22. The topological polar surface area (TPSA) is 114 Å². The van der Waals surface area contributed by atoms with Crippen LogP contribution in [0.1, 0.15) is 13.3 Å². The van der Waals surface area contributed by atoms with Crippen molar-refractivity contribution in [2.45, 2.75) is 31.7 Å². The second kappa shape index (κ2) is 3.54. The van der Waals surface area contributed by atoms with Gasteiger partial charge in [-0.3, -0.25) is 4.90 Å². The van der Waals surface area contributed by atoms with E-state index in [4.69, 9.17) is 0 Å². The average Bonchev–Trinajstić information content (AvgIpc) is 2.65. The third-order valence-electron chi connectivity index (χ3n) is 2.69. The Labute approximate surface area is 91.0 Å². The number of hydrogen-bond donors (Lipinski definition) is 3. The first kappa shape index (κ1) is 10.5. The Morgan fingerprint density at radius 1 is 1.44 bits per heavy atom. The maximum atomic E-state index is 11.5. The van der Waals surface area contributed by atoms with Gasteiger partial charge in [0.15, 0.2) is 0 Å². The zero-order chi connectivity index (χ0) is 11.9. The van der Waals surface area contributed by atoms with Gasteiger partial charge in [0.2, 0.25) is 0 Å². The van der Waals surface area contributed by atoms with Crippen LogP contribution in [0.2, 0.25) is 0 Å². The van der Waals surface area contributed by atoms with Crippen molar-refractivity contribution in [3.63, 3.8) is 0 Å². The molecular formula is C8H11N4O4-. The molecule has 0 bridgehead atoms. The number of hydrogen-bond acceptors (Lipinski definition) is 4. The van der Waals surface area contributed by atoms with Gasteiger partial charge in [0.05, 0.1) is 12.0 Å². The summed E-state index contributed by atoms with van der Waals surface area (Å²) in [7, 11) is 0. The molecule has 0 radical (unpaired) electrons. The predicted molar refractivity (Wildman–Crippen MR) is 48.7 cm³/mol. The van der Waals surface area contributed by atoms with E-state index in [0.29, 0.717) is 0 Å². The Kier molecular flexibility index (Phi) is 2.33. The van der Waals surface area contributed by atoms with Crippen LogP contribution in [0.5, 0.6) is 0 Å². The molecule has 0 aliphatic carbocycles. The molecule has 0 unspecified atom stereocenters. The zero-order valence-corrected chi connectivity index (χ0v) is 8.52. The first-order valence-corrected chi connectivity index (χ1v) is 4.91. The predicted octanol–water partition coefficient (Wildman–Crippen LogP) is -2.49. The van der Waals surface area contributed by atoms with Crippen LogP contribution in [0.4, 0.5) is 9.59 Å². The second-order valence-electron chi connectivity index (χ2n) is 3.64. The Morgan fingerprint density at radius 2 is 2.12 bits per heavy atom. The number of rotatable bonds is 3. The normalized spacial score (nSPS) is 29.2. The SMILES string of the molecule is CC[C@H](C(=O)[O-])N1C(=O)N[C@@H]2NC(=O)N[C@H]21. The highest BCUT2D eigenvalue weighted by atomic mass is 16.4. The summed E-state index contributed by atoms with van der Waals surface area (Å²) in [5, 5.41) is 18.3. The van der Waals surface area contributed by atoms with Gasteiger partial charge in [0.1, 0.15) is 12.3 Å². The largest absolute Gasteiger partial charge is 0.548 e. The van der Waals surface area contributed by atoms with Crippen LogP contribution in [0.3, 0.4) is 0 Å². The van der Waals surface area contributed by atoms with Gasteiger partial charge < -0.3 is 25.9 Å². The lowest BCUT2D eigenvalue weighted by atomic mass is 10.2. The van der Waals surface area contributed by atoms with Crippen molar-refractivity contribution >= 4 is 18.0 Å². The molecule has 3 atom stereocenters. The maximum Gasteiger partial charge on any atom is 0.321 e. The number of nitrogens with zero attached hydrogens (tertiary/aromatic N) is 1. The van der Waals surface area contributed by atoms with Crippen molar-refractivity contribution in [2.24, 2.45) is 0 Å². The molecule has 0 spiro atoms. The van der Waals surface area contributed by atoms with Gasteiger partial charge in [-0.2, -0.15) is 0 Å². The van der Waals surface area contributed by atoms with Crippen LogP contribution >= 0.6 is 0 Å². The summed E-state index contributed by atoms with van der Waals surface area (Å²) in [5.41, 5.74) is 0. The number of carboxylic acids is 1. The van der Waals surface area contributed by atoms with Gasteiger partial charge in [0.25, 0.3) is 0 Å². The molecule has 3 N–H and O–H groups in total. The summed E-state index contributed by atoms with van der Waals surface area (Å²) in [6, 6.07) is -2.01. The Morgan fingerprint density at radius 3 is 2.69 bits per heavy atom. The van der Waals surface area contributed by atoms with Gasteiger partial charge in [-0.1, -0.05) is 6.92 Å². The van der Waals surface area contributed by atoms with Gasteiger partial charge in [-0.15, -0.1) is 0 Å². The summed E-state index contributed by atoms with van der Waals surface area (Å²) < 4.78 is 0. The van der Waals surface area contributed by atoms with E-state index in [1.165, 1.54) is 0 Å². The molecule has 16 heavy (non-hydrogen) atoms. The van der Waals surface area contributed by atoms with E-state index < -0.39 is 36.4 Å². The molecule has 8 heteroatoms. The zero-order valence-electron chi connectivity index (χ0n) is 8.52. The standard InChI is InChI=1S/C8H12N4O4/c1-2-3(6(13)14)12-5-4(10-8(12)16)9-7(15)11-5/h3-5H,2H2,1H3,(H,10,16)(H,13,14)(H2,9,11,15)/p-1/t3-,4+,5+/m1/s1. The maximum absolute atomic E-state index is 11.5. The van der Waals surface area contributed by atoms with Crippen LogP contribution in [-0.4, -0.2) is 41.3 Å².